The van der Waals surface area contributed by atoms with Gasteiger partial charge in [0.25, 0.3) is 5.91 Å². The van der Waals surface area contributed by atoms with E-state index in [1.54, 1.807) is 14.2 Å². The first-order valence-electron chi connectivity index (χ1n) is 7.78. The van der Waals surface area contributed by atoms with E-state index in [0.717, 1.165) is 29.8 Å². The maximum absolute atomic E-state index is 12.5. The molecule has 0 unspecified atom stereocenters. The van der Waals surface area contributed by atoms with Gasteiger partial charge in [0.1, 0.15) is 5.75 Å². The number of hydrogen-bond acceptors (Lipinski definition) is 3. The van der Waals surface area contributed by atoms with Crippen molar-refractivity contribution in [3.05, 3.63) is 54.1 Å². The number of nitrogens with zero attached hydrogens (tertiary/aromatic N) is 1. The van der Waals surface area contributed by atoms with Gasteiger partial charge in [-0.25, -0.2) is 0 Å². The highest BCUT2D eigenvalue weighted by Crippen LogP contribution is 2.24. The highest BCUT2D eigenvalue weighted by molar-refractivity contribution is 5.95. The first-order valence-corrected chi connectivity index (χ1v) is 7.78. The Morgan fingerprint density at radius 3 is 2.52 bits per heavy atom. The molecule has 23 heavy (non-hydrogen) atoms. The Labute approximate surface area is 136 Å². The minimum atomic E-state index is 0.0711. The summed E-state index contributed by atoms with van der Waals surface area (Å²) in [6.45, 7) is 1.43. The van der Waals surface area contributed by atoms with E-state index < -0.39 is 0 Å². The van der Waals surface area contributed by atoms with Crippen molar-refractivity contribution in [1.29, 1.82) is 0 Å². The van der Waals surface area contributed by atoms with Gasteiger partial charge in [-0.2, -0.15) is 0 Å². The van der Waals surface area contributed by atoms with E-state index in [1.165, 1.54) is 0 Å². The van der Waals surface area contributed by atoms with Crippen molar-refractivity contribution in [3.8, 4) is 16.9 Å². The fraction of sp³-hybridized carbons (Fsp3) is 0.316. The first kappa shape index (κ1) is 15.6. The molecule has 1 aliphatic heterocycles. The third kappa shape index (κ3) is 3.37. The molecule has 0 aromatic heterocycles. The topological polar surface area (TPSA) is 38.8 Å². The summed E-state index contributed by atoms with van der Waals surface area (Å²) in [5.74, 6) is 0.895. The third-order valence-corrected chi connectivity index (χ3v) is 4.30. The van der Waals surface area contributed by atoms with Crippen LogP contribution in [0.25, 0.3) is 11.1 Å². The van der Waals surface area contributed by atoms with E-state index >= 15 is 0 Å². The third-order valence-electron chi connectivity index (χ3n) is 4.30. The second kappa shape index (κ2) is 6.84. The van der Waals surface area contributed by atoms with Crippen LogP contribution in [-0.4, -0.2) is 44.2 Å². The second-order valence-electron chi connectivity index (χ2n) is 5.71. The Kier molecular flexibility index (Phi) is 4.63. The number of benzene rings is 2. The number of ether oxygens (including phenoxy) is 2. The number of carbonyl (C=O) groups is 1. The summed E-state index contributed by atoms with van der Waals surface area (Å²) in [6, 6.07) is 15.6. The number of likely N-dealkylation sites (tertiary alicyclic amines) is 1. The standard InChI is InChI=1S/C19H21NO3/c1-22-17-5-3-4-16(12-17)14-6-8-15(9-7-14)19(21)20-11-10-18(13-20)23-2/h3-9,12,18H,10-11,13H2,1-2H3/t18-/m0/s1. The summed E-state index contributed by atoms with van der Waals surface area (Å²) in [6.07, 6.45) is 1.07. The predicted molar refractivity (Wildman–Crippen MR) is 89.7 cm³/mol. The Hall–Kier alpha value is -2.33. The van der Waals surface area contributed by atoms with Gasteiger partial charge in [-0.15, -0.1) is 0 Å². The van der Waals surface area contributed by atoms with Gasteiger partial charge in [-0.1, -0.05) is 24.3 Å². The molecule has 0 radical (unpaired) electrons. The molecular formula is C19H21NO3. The van der Waals surface area contributed by atoms with Gasteiger partial charge in [0, 0.05) is 25.8 Å². The van der Waals surface area contributed by atoms with Crippen LogP contribution in [0.5, 0.6) is 5.75 Å². The summed E-state index contributed by atoms with van der Waals surface area (Å²) in [5, 5.41) is 0. The molecule has 1 aliphatic rings. The molecule has 4 nitrogen and oxygen atoms in total. The van der Waals surface area contributed by atoms with Gasteiger partial charge in [0.2, 0.25) is 0 Å². The van der Waals surface area contributed by atoms with Crippen molar-refractivity contribution in [2.24, 2.45) is 0 Å². The largest absolute Gasteiger partial charge is 0.497 e. The van der Waals surface area contributed by atoms with Crippen LogP contribution in [0.15, 0.2) is 48.5 Å². The first-order chi connectivity index (χ1) is 11.2. The molecule has 120 valence electrons. The summed E-state index contributed by atoms with van der Waals surface area (Å²) in [5.41, 5.74) is 2.86. The molecular weight excluding hydrogens is 290 g/mol. The average Bonchev–Trinajstić information content (AvgIpc) is 3.10. The SMILES string of the molecule is COc1cccc(-c2ccc(C(=O)N3CC[C@H](OC)C3)cc2)c1. The smallest absolute Gasteiger partial charge is 0.253 e. The van der Waals surface area contributed by atoms with Gasteiger partial charge in [-0.05, 0) is 41.8 Å². The van der Waals surface area contributed by atoms with Crippen LogP contribution in [0.3, 0.4) is 0 Å². The highest BCUT2D eigenvalue weighted by Gasteiger charge is 2.26. The maximum Gasteiger partial charge on any atom is 0.253 e. The molecule has 0 saturated carbocycles. The number of carbonyl (C=O) groups excluding carboxylic acids is 1. The van der Waals surface area contributed by atoms with E-state index in [-0.39, 0.29) is 12.0 Å². The summed E-state index contributed by atoms with van der Waals surface area (Å²) < 4.78 is 10.6. The van der Waals surface area contributed by atoms with Gasteiger partial charge in [-0.3, -0.25) is 4.79 Å². The summed E-state index contributed by atoms with van der Waals surface area (Å²) in [4.78, 5) is 14.4. The zero-order valence-corrected chi connectivity index (χ0v) is 13.5. The van der Waals surface area contributed by atoms with E-state index in [1.807, 2.05) is 53.4 Å². The zero-order valence-electron chi connectivity index (χ0n) is 13.5. The molecule has 1 fully saturated rings. The van der Waals surface area contributed by atoms with Gasteiger partial charge in [0.15, 0.2) is 0 Å². The van der Waals surface area contributed by atoms with Crippen LogP contribution in [-0.2, 0) is 4.74 Å². The summed E-state index contributed by atoms with van der Waals surface area (Å²) in [7, 11) is 3.35. The lowest BCUT2D eigenvalue weighted by Crippen LogP contribution is -2.29. The van der Waals surface area contributed by atoms with Crippen LogP contribution >= 0.6 is 0 Å². The van der Waals surface area contributed by atoms with Crippen molar-refractivity contribution in [1.82, 2.24) is 4.90 Å². The fourth-order valence-electron chi connectivity index (χ4n) is 2.90. The second-order valence-corrected chi connectivity index (χ2v) is 5.71. The highest BCUT2D eigenvalue weighted by atomic mass is 16.5. The van der Waals surface area contributed by atoms with Crippen molar-refractivity contribution in [2.45, 2.75) is 12.5 Å². The Morgan fingerprint density at radius 2 is 1.87 bits per heavy atom. The lowest BCUT2D eigenvalue weighted by Gasteiger charge is -2.16. The molecule has 0 aliphatic carbocycles. The van der Waals surface area contributed by atoms with E-state index in [0.29, 0.717) is 12.1 Å². The fourth-order valence-corrected chi connectivity index (χ4v) is 2.90. The number of methoxy groups -OCH3 is 2. The van der Waals surface area contributed by atoms with Crippen LogP contribution in [0.2, 0.25) is 0 Å². The lowest BCUT2D eigenvalue weighted by atomic mass is 10.0. The number of rotatable bonds is 4. The predicted octanol–water partition coefficient (Wildman–Crippen LogP) is 3.22. The van der Waals surface area contributed by atoms with Gasteiger partial charge in [0.05, 0.1) is 13.2 Å². The van der Waals surface area contributed by atoms with Crippen LogP contribution in [0.4, 0.5) is 0 Å². The normalized spacial score (nSPS) is 17.3. The average molecular weight is 311 g/mol. The van der Waals surface area contributed by atoms with Crippen molar-refractivity contribution in [2.75, 3.05) is 27.3 Å². The van der Waals surface area contributed by atoms with E-state index in [2.05, 4.69) is 0 Å². The molecule has 3 rings (SSSR count). The van der Waals surface area contributed by atoms with Gasteiger partial charge < -0.3 is 14.4 Å². The summed E-state index contributed by atoms with van der Waals surface area (Å²) >= 11 is 0. The Bertz CT molecular complexity index is 681. The van der Waals surface area contributed by atoms with Crippen molar-refractivity contribution >= 4 is 5.91 Å². The lowest BCUT2D eigenvalue weighted by molar-refractivity contribution is 0.0724. The molecule has 4 heteroatoms. The maximum atomic E-state index is 12.5. The van der Waals surface area contributed by atoms with Gasteiger partial charge >= 0.3 is 0 Å². The molecule has 0 bridgehead atoms. The van der Waals surface area contributed by atoms with Crippen molar-refractivity contribution in [3.63, 3.8) is 0 Å². The van der Waals surface area contributed by atoms with E-state index in [9.17, 15) is 4.79 Å². The van der Waals surface area contributed by atoms with Crippen LogP contribution < -0.4 is 4.74 Å². The Balaban J connectivity index is 1.75. The molecule has 2 aromatic carbocycles. The molecule has 1 heterocycles. The molecule has 0 N–H and O–H groups in total. The molecule has 1 atom stereocenters. The molecule has 1 amide bonds. The number of hydrogen-bond donors (Lipinski definition) is 0. The van der Waals surface area contributed by atoms with E-state index in [4.69, 9.17) is 9.47 Å². The number of amides is 1. The molecule has 1 saturated heterocycles. The zero-order chi connectivity index (χ0) is 16.2. The van der Waals surface area contributed by atoms with Crippen LogP contribution in [0, 0.1) is 0 Å². The Morgan fingerprint density at radius 1 is 1.09 bits per heavy atom. The molecule has 2 aromatic rings. The monoisotopic (exact) mass is 311 g/mol. The molecule has 0 spiro atoms. The van der Waals surface area contributed by atoms with Crippen LogP contribution in [0.1, 0.15) is 16.8 Å². The minimum Gasteiger partial charge on any atom is -0.497 e. The van der Waals surface area contributed by atoms with Crippen molar-refractivity contribution < 1.29 is 14.3 Å². The quantitative estimate of drug-likeness (QED) is 0.870. The minimum absolute atomic E-state index is 0.0711.